The Morgan fingerprint density at radius 3 is 2.33 bits per heavy atom. The molecule has 1 saturated carbocycles. The molecule has 0 unspecified atom stereocenters. The Kier molecular flexibility index (Phi) is 7.59. The number of esters is 1. The maximum atomic E-state index is 15.9. The first-order chi connectivity index (χ1) is 18.0. The SMILES string of the molecule is CC(=O)OC(C)(C)C(=O)N1C2CC(C2)[C@H](NS(C)(=O)=O)[C@@H]1Cc1cccc(-c2cccc(C(F)(F)F)c2)c1F. The van der Waals surface area contributed by atoms with Crippen LogP contribution in [0.4, 0.5) is 17.6 Å². The summed E-state index contributed by atoms with van der Waals surface area (Å²) in [5.74, 6) is -2.06. The summed E-state index contributed by atoms with van der Waals surface area (Å²) in [7, 11) is -3.71. The van der Waals surface area contributed by atoms with Crippen LogP contribution >= 0.6 is 0 Å². The Bertz CT molecular complexity index is 1390. The van der Waals surface area contributed by atoms with E-state index < -0.39 is 57.1 Å². The average molecular weight is 571 g/mol. The molecule has 3 fully saturated rings. The minimum Gasteiger partial charge on any atom is -0.450 e. The van der Waals surface area contributed by atoms with E-state index in [0.717, 1.165) is 18.4 Å². The summed E-state index contributed by atoms with van der Waals surface area (Å²) >= 11 is 0. The van der Waals surface area contributed by atoms with Crippen LogP contribution in [0.3, 0.4) is 0 Å². The number of hydrogen-bond donors (Lipinski definition) is 1. The third-order valence-corrected chi connectivity index (χ3v) is 8.03. The zero-order valence-corrected chi connectivity index (χ0v) is 22.7. The van der Waals surface area contributed by atoms with Gasteiger partial charge in [0.25, 0.3) is 5.91 Å². The van der Waals surface area contributed by atoms with Crippen molar-refractivity contribution in [1.82, 2.24) is 9.62 Å². The Labute approximate surface area is 224 Å². The van der Waals surface area contributed by atoms with Crippen molar-refractivity contribution in [2.24, 2.45) is 5.92 Å². The standard InChI is InChI=1S/C27H30F4N2O5S/c1-15(34)38-26(2,3)25(35)33-20-12-18(13-20)24(32-39(4,36)37)22(33)14-17-8-6-10-21(23(17)28)16-7-5-9-19(11-16)27(29,30)31/h5-11,18,20,22,24,32H,12-14H2,1-4H3/t18?,20?,22-,24-/m0/s1. The van der Waals surface area contributed by atoms with Gasteiger partial charge < -0.3 is 9.64 Å². The highest BCUT2D eigenvalue weighted by Crippen LogP contribution is 2.45. The highest BCUT2D eigenvalue weighted by molar-refractivity contribution is 7.88. The van der Waals surface area contributed by atoms with Gasteiger partial charge in [-0.15, -0.1) is 0 Å². The highest BCUT2D eigenvalue weighted by atomic mass is 32.2. The number of nitrogens with zero attached hydrogens (tertiary/aromatic N) is 1. The lowest BCUT2D eigenvalue weighted by Gasteiger charge is -2.59. The van der Waals surface area contributed by atoms with E-state index in [1.807, 2.05) is 0 Å². The van der Waals surface area contributed by atoms with E-state index in [4.69, 9.17) is 4.74 Å². The molecule has 0 spiro atoms. The van der Waals surface area contributed by atoms with Gasteiger partial charge in [-0.3, -0.25) is 9.59 Å². The average Bonchev–Trinajstić information content (AvgIpc) is 2.77. The lowest BCUT2D eigenvalue weighted by Crippen LogP contribution is -2.72. The second-order valence-corrected chi connectivity index (χ2v) is 12.5. The van der Waals surface area contributed by atoms with Crippen LogP contribution < -0.4 is 4.72 Å². The molecule has 7 nitrogen and oxygen atoms in total. The number of halogens is 4. The first-order valence-corrected chi connectivity index (χ1v) is 14.3. The summed E-state index contributed by atoms with van der Waals surface area (Å²) < 4.78 is 88.0. The summed E-state index contributed by atoms with van der Waals surface area (Å²) in [5, 5.41) is 0. The summed E-state index contributed by atoms with van der Waals surface area (Å²) in [4.78, 5) is 26.8. The van der Waals surface area contributed by atoms with Crippen LogP contribution in [0.15, 0.2) is 42.5 Å². The molecule has 2 atom stereocenters. The minimum absolute atomic E-state index is 0.0328. The number of hydrogen-bond acceptors (Lipinski definition) is 5. The van der Waals surface area contributed by atoms with Gasteiger partial charge in [-0.05, 0) is 62.3 Å². The van der Waals surface area contributed by atoms with Crippen LogP contribution in [-0.4, -0.2) is 55.2 Å². The Hall–Kier alpha value is -2.99. The molecule has 39 heavy (non-hydrogen) atoms. The van der Waals surface area contributed by atoms with Crippen molar-refractivity contribution in [2.45, 2.75) is 69.9 Å². The number of fused-ring (bicyclic) bond motifs is 2. The lowest BCUT2D eigenvalue weighted by atomic mass is 9.66. The normalized spacial score (nSPS) is 23.2. The third kappa shape index (κ3) is 6.11. The molecule has 212 valence electrons. The highest BCUT2D eigenvalue weighted by Gasteiger charge is 2.55. The molecule has 2 saturated heterocycles. The number of piperidine rings is 2. The van der Waals surface area contributed by atoms with E-state index in [-0.39, 0.29) is 35.1 Å². The fraction of sp³-hybridized carbons (Fsp3) is 0.481. The van der Waals surface area contributed by atoms with Gasteiger partial charge in [-0.2, -0.15) is 13.2 Å². The first-order valence-electron chi connectivity index (χ1n) is 12.4. The first kappa shape index (κ1) is 29.0. The van der Waals surface area contributed by atoms with Crippen LogP contribution in [-0.2, 0) is 36.9 Å². The van der Waals surface area contributed by atoms with E-state index in [1.54, 1.807) is 0 Å². The Morgan fingerprint density at radius 1 is 1.10 bits per heavy atom. The van der Waals surface area contributed by atoms with Crippen molar-refractivity contribution in [3.63, 3.8) is 0 Å². The van der Waals surface area contributed by atoms with E-state index in [1.165, 1.54) is 56.0 Å². The zero-order chi connectivity index (χ0) is 28.9. The van der Waals surface area contributed by atoms with Crippen molar-refractivity contribution in [2.75, 3.05) is 6.26 Å². The van der Waals surface area contributed by atoms with E-state index >= 15 is 4.39 Å². The second kappa shape index (κ2) is 10.2. The third-order valence-electron chi connectivity index (χ3n) is 7.33. The minimum atomic E-state index is -4.60. The number of sulfonamides is 1. The largest absolute Gasteiger partial charge is 0.450 e. The number of benzene rings is 2. The zero-order valence-electron chi connectivity index (χ0n) is 21.9. The van der Waals surface area contributed by atoms with Crippen molar-refractivity contribution in [3.05, 3.63) is 59.4 Å². The quantitative estimate of drug-likeness (QED) is 0.396. The molecule has 2 heterocycles. The predicted octanol–water partition coefficient (Wildman–Crippen LogP) is 4.30. The number of carbonyl (C=O) groups is 2. The molecule has 2 aliphatic heterocycles. The molecule has 0 radical (unpaired) electrons. The number of ether oxygens (including phenoxy) is 1. The molecule has 0 aromatic heterocycles. The summed E-state index contributed by atoms with van der Waals surface area (Å²) in [5.41, 5.74) is -2.38. The van der Waals surface area contributed by atoms with Gasteiger partial charge >= 0.3 is 12.1 Å². The predicted molar refractivity (Wildman–Crippen MR) is 135 cm³/mol. The number of nitrogens with one attached hydrogen (secondary N) is 1. The number of carbonyl (C=O) groups excluding carboxylic acids is 2. The Balaban J connectivity index is 1.74. The maximum absolute atomic E-state index is 15.9. The van der Waals surface area contributed by atoms with E-state index in [0.29, 0.717) is 12.8 Å². The number of rotatable bonds is 7. The molecule has 3 aliphatic rings. The number of alkyl halides is 3. The van der Waals surface area contributed by atoms with Crippen molar-refractivity contribution in [1.29, 1.82) is 0 Å². The maximum Gasteiger partial charge on any atom is 0.416 e. The Morgan fingerprint density at radius 2 is 1.74 bits per heavy atom. The number of amides is 1. The molecule has 12 heteroatoms. The van der Waals surface area contributed by atoms with Crippen molar-refractivity contribution in [3.8, 4) is 11.1 Å². The van der Waals surface area contributed by atoms with Crippen LogP contribution in [0.2, 0.25) is 0 Å². The molecule has 2 bridgehead atoms. The van der Waals surface area contributed by atoms with Crippen molar-refractivity contribution < 1.29 is 40.3 Å². The van der Waals surface area contributed by atoms with Crippen LogP contribution in [0, 0.1) is 11.7 Å². The molecule has 1 amide bonds. The molecule has 1 N–H and O–H groups in total. The monoisotopic (exact) mass is 570 g/mol. The van der Waals surface area contributed by atoms with Gasteiger partial charge in [0.1, 0.15) is 5.82 Å². The van der Waals surface area contributed by atoms with Gasteiger partial charge in [-0.1, -0.05) is 30.3 Å². The smallest absolute Gasteiger partial charge is 0.416 e. The van der Waals surface area contributed by atoms with Crippen LogP contribution in [0.5, 0.6) is 0 Å². The van der Waals surface area contributed by atoms with E-state index in [2.05, 4.69) is 4.72 Å². The van der Waals surface area contributed by atoms with Crippen LogP contribution in [0.1, 0.15) is 44.7 Å². The molecular formula is C27H30F4N2O5S. The fourth-order valence-electron chi connectivity index (χ4n) is 5.63. The fourth-order valence-corrected chi connectivity index (χ4v) is 6.48. The topological polar surface area (TPSA) is 92.8 Å². The van der Waals surface area contributed by atoms with Gasteiger partial charge in [0.15, 0.2) is 5.60 Å². The van der Waals surface area contributed by atoms with Crippen LogP contribution in [0.25, 0.3) is 11.1 Å². The summed E-state index contributed by atoms with van der Waals surface area (Å²) in [6.45, 7) is 4.05. The molecule has 5 rings (SSSR count). The molecule has 1 aliphatic carbocycles. The van der Waals surface area contributed by atoms with Gasteiger partial charge in [0.2, 0.25) is 10.0 Å². The second-order valence-electron chi connectivity index (χ2n) is 10.7. The van der Waals surface area contributed by atoms with Gasteiger partial charge in [0.05, 0.1) is 17.9 Å². The molecule has 2 aromatic carbocycles. The van der Waals surface area contributed by atoms with Gasteiger partial charge in [-0.25, -0.2) is 17.5 Å². The molecule has 2 aromatic rings. The molecular weight excluding hydrogens is 540 g/mol. The van der Waals surface area contributed by atoms with E-state index in [9.17, 15) is 31.2 Å². The summed E-state index contributed by atoms with van der Waals surface area (Å²) in [6, 6.07) is 6.85. The van der Waals surface area contributed by atoms with Crippen molar-refractivity contribution >= 4 is 21.9 Å². The van der Waals surface area contributed by atoms with Gasteiger partial charge in [0, 0.05) is 24.6 Å². The summed E-state index contributed by atoms with van der Waals surface area (Å²) in [6.07, 6.45) is -2.66. The lowest BCUT2D eigenvalue weighted by molar-refractivity contribution is -0.179.